The Labute approximate surface area is 113 Å². The van der Waals surface area contributed by atoms with Crippen LogP contribution in [-0.2, 0) is 4.79 Å². The van der Waals surface area contributed by atoms with Gasteiger partial charge in [-0.25, -0.2) is 0 Å². The largest absolute Gasteiger partial charge is 0.387 e. The Kier molecular flexibility index (Phi) is 3.07. The van der Waals surface area contributed by atoms with Gasteiger partial charge in [-0.15, -0.1) is 0 Å². The molecule has 2 fully saturated rings. The Balaban J connectivity index is 1.49. The first-order valence-electron chi connectivity index (χ1n) is 6.87. The number of rotatable bonds is 4. The van der Waals surface area contributed by atoms with Crippen molar-refractivity contribution in [2.24, 2.45) is 5.92 Å². The first kappa shape index (κ1) is 12.6. The summed E-state index contributed by atoms with van der Waals surface area (Å²) in [6, 6.07) is 7.75. The van der Waals surface area contributed by atoms with Crippen molar-refractivity contribution >= 4 is 11.6 Å². The molecule has 1 aliphatic carbocycles. The molecule has 0 bridgehead atoms. The van der Waals surface area contributed by atoms with Crippen LogP contribution in [0.5, 0.6) is 0 Å². The lowest BCUT2D eigenvalue weighted by Gasteiger charge is -2.46. The highest BCUT2D eigenvalue weighted by Crippen LogP contribution is 2.44. The van der Waals surface area contributed by atoms with Crippen molar-refractivity contribution in [1.82, 2.24) is 4.90 Å². The summed E-state index contributed by atoms with van der Waals surface area (Å²) in [4.78, 5) is 13.9. The molecular weight excluding hydrogens is 240 g/mol. The number of hydrogen-bond donors (Lipinski definition) is 2. The number of aliphatic hydroxyl groups is 1. The Morgan fingerprint density at radius 2 is 2.11 bits per heavy atom. The van der Waals surface area contributed by atoms with Crippen LogP contribution < -0.4 is 5.32 Å². The summed E-state index contributed by atoms with van der Waals surface area (Å²) in [6.45, 7) is 3.62. The van der Waals surface area contributed by atoms with E-state index >= 15 is 0 Å². The van der Waals surface area contributed by atoms with Gasteiger partial charge in [0.05, 0.1) is 12.1 Å². The van der Waals surface area contributed by atoms with Crippen molar-refractivity contribution in [3.8, 4) is 0 Å². The maximum absolute atomic E-state index is 11.9. The van der Waals surface area contributed by atoms with Gasteiger partial charge in [0.25, 0.3) is 0 Å². The van der Waals surface area contributed by atoms with Crippen LogP contribution in [0.3, 0.4) is 0 Å². The van der Waals surface area contributed by atoms with Gasteiger partial charge in [0.15, 0.2) is 0 Å². The number of benzene rings is 1. The average molecular weight is 260 g/mol. The fraction of sp³-hybridized carbons (Fsp3) is 0.533. The number of carbonyl (C=O) groups excluding carboxylic acids is 1. The van der Waals surface area contributed by atoms with Crippen LogP contribution >= 0.6 is 0 Å². The molecule has 3 rings (SSSR count). The van der Waals surface area contributed by atoms with Crippen molar-refractivity contribution < 1.29 is 9.90 Å². The fourth-order valence-corrected chi connectivity index (χ4v) is 2.82. The Morgan fingerprint density at radius 1 is 1.42 bits per heavy atom. The lowest BCUT2D eigenvalue weighted by atomic mass is 9.89. The van der Waals surface area contributed by atoms with E-state index in [2.05, 4.69) is 5.32 Å². The molecule has 102 valence electrons. The average Bonchev–Trinajstić information content (AvgIpc) is 3.14. The van der Waals surface area contributed by atoms with Gasteiger partial charge in [-0.1, -0.05) is 18.2 Å². The number of β-amino-alcohol motifs (C(OH)–C–C–N with tert-alkyl or cyclic N) is 1. The molecule has 2 N–H and O–H groups in total. The topological polar surface area (TPSA) is 52.6 Å². The molecule has 1 aromatic carbocycles. The molecule has 1 aromatic rings. The SMILES string of the molecule is Cc1ccccc1NC(=O)CN1CC(O)(C2CC2)C1. The van der Waals surface area contributed by atoms with Gasteiger partial charge in [-0.05, 0) is 37.3 Å². The molecular formula is C15H20N2O2. The smallest absolute Gasteiger partial charge is 0.238 e. The van der Waals surface area contributed by atoms with E-state index in [0.29, 0.717) is 25.6 Å². The van der Waals surface area contributed by atoms with Gasteiger partial charge in [-0.2, -0.15) is 0 Å². The molecule has 0 unspecified atom stereocenters. The number of hydrogen-bond acceptors (Lipinski definition) is 3. The van der Waals surface area contributed by atoms with Crippen LogP contribution in [0, 0.1) is 12.8 Å². The number of amides is 1. The van der Waals surface area contributed by atoms with Gasteiger partial charge < -0.3 is 10.4 Å². The highest BCUT2D eigenvalue weighted by molar-refractivity contribution is 5.93. The predicted octanol–water partition coefficient (Wildman–Crippen LogP) is 1.39. The van der Waals surface area contributed by atoms with Crippen molar-refractivity contribution in [2.45, 2.75) is 25.4 Å². The third-order valence-corrected chi connectivity index (χ3v) is 4.12. The van der Waals surface area contributed by atoms with Crippen LogP contribution in [-0.4, -0.2) is 41.1 Å². The second kappa shape index (κ2) is 4.62. The zero-order chi connectivity index (χ0) is 13.5. The molecule has 1 aliphatic heterocycles. The van der Waals surface area contributed by atoms with E-state index in [1.807, 2.05) is 36.1 Å². The minimum absolute atomic E-state index is 0.00727. The van der Waals surface area contributed by atoms with E-state index in [0.717, 1.165) is 24.1 Å². The minimum atomic E-state index is -0.511. The van der Waals surface area contributed by atoms with Crippen molar-refractivity contribution in [1.29, 1.82) is 0 Å². The normalized spacial score (nSPS) is 21.8. The van der Waals surface area contributed by atoms with Gasteiger partial charge in [0, 0.05) is 18.8 Å². The summed E-state index contributed by atoms with van der Waals surface area (Å²) >= 11 is 0. The molecule has 4 heteroatoms. The van der Waals surface area contributed by atoms with Crippen molar-refractivity contribution in [3.63, 3.8) is 0 Å². The van der Waals surface area contributed by atoms with Gasteiger partial charge >= 0.3 is 0 Å². The van der Waals surface area contributed by atoms with E-state index in [1.54, 1.807) is 0 Å². The summed E-state index contributed by atoms with van der Waals surface area (Å²) in [5.41, 5.74) is 1.42. The monoisotopic (exact) mass is 260 g/mol. The first-order chi connectivity index (χ1) is 9.07. The third kappa shape index (κ3) is 2.65. The predicted molar refractivity (Wildman–Crippen MR) is 73.9 cm³/mol. The van der Waals surface area contributed by atoms with Gasteiger partial charge in [0.2, 0.25) is 5.91 Å². The lowest BCUT2D eigenvalue weighted by molar-refractivity contribution is -0.132. The van der Waals surface area contributed by atoms with Gasteiger partial charge in [-0.3, -0.25) is 9.69 Å². The number of nitrogens with one attached hydrogen (secondary N) is 1. The zero-order valence-corrected chi connectivity index (χ0v) is 11.2. The van der Waals surface area contributed by atoms with E-state index in [4.69, 9.17) is 0 Å². The van der Waals surface area contributed by atoms with E-state index in [9.17, 15) is 9.90 Å². The number of para-hydroxylation sites is 1. The van der Waals surface area contributed by atoms with Gasteiger partial charge in [0.1, 0.15) is 0 Å². The lowest BCUT2D eigenvalue weighted by Crippen LogP contribution is -2.64. The highest BCUT2D eigenvalue weighted by atomic mass is 16.3. The van der Waals surface area contributed by atoms with Crippen LogP contribution in [0.25, 0.3) is 0 Å². The quantitative estimate of drug-likeness (QED) is 0.860. The molecule has 1 saturated carbocycles. The number of anilines is 1. The first-order valence-corrected chi connectivity index (χ1v) is 6.87. The van der Waals surface area contributed by atoms with Crippen LogP contribution in [0.2, 0.25) is 0 Å². The molecule has 4 nitrogen and oxygen atoms in total. The van der Waals surface area contributed by atoms with E-state index < -0.39 is 5.60 Å². The second-order valence-electron chi connectivity index (χ2n) is 5.89. The summed E-state index contributed by atoms with van der Waals surface area (Å²) in [6.07, 6.45) is 2.28. The number of aryl methyl sites for hydroxylation is 1. The molecule has 1 heterocycles. The third-order valence-electron chi connectivity index (χ3n) is 4.12. The van der Waals surface area contributed by atoms with Crippen molar-refractivity contribution in [3.05, 3.63) is 29.8 Å². The molecule has 0 radical (unpaired) electrons. The Bertz CT molecular complexity index is 491. The number of carbonyl (C=O) groups is 1. The fourth-order valence-electron chi connectivity index (χ4n) is 2.82. The molecule has 0 aromatic heterocycles. The molecule has 19 heavy (non-hydrogen) atoms. The van der Waals surface area contributed by atoms with E-state index in [1.165, 1.54) is 0 Å². The molecule has 1 amide bonds. The Hall–Kier alpha value is -1.39. The number of likely N-dealkylation sites (tertiary alicyclic amines) is 1. The standard InChI is InChI=1S/C15H20N2O2/c1-11-4-2-3-5-13(11)16-14(18)8-17-9-15(19,10-17)12-6-7-12/h2-5,12,19H,6-10H2,1H3,(H,16,18). The number of nitrogens with zero attached hydrogens (tertiary/aromatic N) is 1. The summed E-state index contributed by atoms with van der Waals surface area (Å²) in [5.74, 6) is 0.468. The maximum atomic E-state index is 11.9. The molecule has 0 atom stereocenters. The molecule has 0 spiro atoms. The highest BCUT2D eigenvalue weighted by Gasteiger charge is 2.51. The van der Waals surface area contributed by atoms with E-state index in [-0.39, 0.29) is 5.91 Å². The minimum Gasteiger partial charge on any atom is -0.387 e. The summed E-state index contributed by atoms with van der Waals surface area (Å²) in [5, 5.41) is 13.1. The van der Waals surface area contributed by atoms with Crippen LogP contribution in [0.4, 0.5) is 5.69 Å². The molecule has 2 aliphatic rings. The maximum Gasteiger partial charge on any atom is 0.238 e. The summed E-state index contributed by atoms with van der Waals surface area (Å²) in [7, 11) is 0. The summed E-state index contributed by atoms with van der Waals surface area (Å²) < 4.78 is 0. The van der Waals surface area contributed by atoms with Crippen LogP contribution in [0.1, 0.15) is 18.4 Å². The van der Waals surface area contributed by atoms with Crippen LogP contribution in [0.15, 0.2) is 24.3 Å². The Morgan fingerprint density at radius 3 is 2.74 bits per heavy atom. The second-order valence-corrected chi connectivity index (χ2v) is 5.89. The molecule has 1 saturated heterocycles. The zero-order valence-electron chi connectivity index (χ0n) is 11.2. The van der Waals surface area contributed by atoms with Crippen molar-refractivity contribution in [2.75, 3.05) is 25.0 Å².